The van der Waals surface area contributed by atoms with Crippen LogP contribution >= 0.6 is 0 Å². The van der Waals surface area contributed by atoms with Crippen LogP contribution in [0.15, 0.2) is 23.1 Å². The highest BCUT2D eigenvalue weighted by Crippen LogP contribution is 2.34. The predicted molar refractivity (Wildman–Crippen MR) is 68.0 cm³/mol. The summed E-state index contributed by atoms with van der Waals surface area (Å²) in [4.78, 5) is -0.139. The Morgan fingerprint density at radius 3 is 2.61 bits per heavy atom. The van der Waals surface area contributed by atoms with Crippen molar-refractivity contribution in [1.29, 1.82) is 0 Å². The third-order valence-corrected chi connectivity index (χ3v) is 5.18. The van der Waals surface area contributed by atoms with Gasteiger partial charge in [-0.25, -0.2) is 12.8 Å². The Morgan fingerprint density at radius 2 is 2.06 bits per heavy atom. The first-order chi connectivity index (χ1) is 8.24. The summed E-state index contributed by atoms with van der Waals surface area (Å²) in [5.41, 5.74) is 5.17. The van der Waals surface area contributed by atoms with Crippen LogP contribution < -0.4 is 5.73 Å². The largest absolute Gasteiger partial charge is 0.395 e. The molecule has 0 aliphatic carbocycles. The van der Waals surface area contributed by atoms with E-state index in [1.54, 1.807) is 0 Å². The van der Waals surface area contributed by atoms with Gasteiger partial charge in [0, 0.05) is 13.1 Å². The third-order valence-electron chi connectivity index (χ3n) is 3.27. The van der Waals surface area contributed by atoms with Crippen LogP contribution in [0.25, 0.3) is 0 Å². The molecule has 0 amide bonds. The van der Waals surface area contributed by atoms with Crippen LogP contribution in [0.5, 0.6) is 0 Å². The molecule has 1 aromatic carbocycles. The second-order valence-corrected chi connectivity index (χ2v) is 7.31. The van der Waals surface area contributed by atoms with Crippen molar-refractivity contribution in [1.82, 2.24) is 4.31 Å². The molecule has 0 spiro atoms. The Kier molecular flexibility index (Phi) is 3.11. The fraction of sp³-hybridized carbons (Fsp3) is 0.500. The highest BCUT2D eigenvalue weighted by molar-refractivity contribution is 7.89. The van der Waals surface area contributed by atoms with Crippen molar-refractivity contribution in [3.63, 3.8) is 0 Å². The quantitative estimate of drug-likeness (QED) is 0.835. The summed E-state index contributed by atoms with van der Waals surface area (Å²) in [6.07, 6.45) is 0.793. The Bertz CT molecular complexity index is 569. The van der Waals surface area contributed by atoms with E-state index in [-0.39, 0.29) is 16.0 Å². The van der Waals surface area contributed by atoms with E-state index < -0.39 is 15.8 Å². The zero-order valence-electron chi connectivity index (χ0n) is 10.5. The Labute approximate surface area is 107 Å². The van der Waals surface area contributed by atoms with E-state index in [2.05, 4.69) is 0 Å². The number of halogens is 1. The molecule has 100 valence electrons. The van der Waals surface area contributed by atoms with Crippen molar-refractivity contribution < 1.29 is 12.8 Å². The zero-order valence-corrected chi connectivity index (χ0v) is 11.3. The van der Waals surface area contributed by atoms with Gasteiger partial charge in [-0.3, -0.25) is 0 Å². The lowest BCUT2D eigenvalue weighted by Crippen LogP contribution is -2.31. The van der Waals surface area contributed by atoms with Gasteiger partial charge in [-0.2, -0.15) is 4.31 Å². The topological polar surface area (TPSA) is 63.4 Å². The van der Waals surface area contributed by atoms with Crippen LogP contribution in [0.4, 0.5) is 10.1 Å². The monoisotopic (exact) mass is 272 g/mol. The van der Waals surface area contributed by atoms with Gasteiger partial charge in [0.15, 0.2) is 0 Å². The molecule has 6 heteroatoms. The van der Waals surface area contributed by atoms with Gasteiger partial charge in [0.2, 0.25) is 10.0 Å². The molecule has 1 aromatic rings. The molecule has 0 radical (unpaired) electrons. The molecule has 1 heterocycles. The number of benzene rings is 1. The highest BCUT2D eigenvalue weighted by atomic mass is 32.2. The number of sulfonamides is 1. The van der Waals surface area contributed by atoms with Gasteiger partial charge in [0.25, 0.3) is 0 Å². The van der Waals surface area contributed by atoms with Crippen LogP contribution in [0.2, 0.25) is 0 Å². The zero-order chi connectivity index (χ0) is 13.6. The Hall–Kier alpha value is -1.14. The molecule has 2 N–H and O–H groups in total. The van der Waals surface area contributed by atoms with Crippen molar-refractivity contribution >= 4 is 15.7 Å². The second kappa shape index (κ2) is 4.20. The van der Waals surface area contributed by atoms with Crippen molar-refractivity contribution in [2.24, 2.45) is 5.41 Å². The number of rotatable bonds is 2. The van der Waals surface area contributed by atoms with Gasteiger partial charge >= 0.3 is 0 Å². The number of nitrogen functional groups attached to an aromatic ring is 1. The fourth-order valence-corrected chi connectivity index (χ4v) is 3.90. The summed E-state index contributed by atoms with van der Waals surface area (Å²) in [6.45, 7) is 4.91. The SMILES string of the molecule is CC1(C)CCN(S(=O)(=O)c2cccc(F)c2N)C1. The molecule has 18 heavy (non-hydrogen) atoms. The van der Waals surface area contributed by atoms with E-state index in [1.807, 2.05) is 13.8 Å². The van der Waals surface area contributed by atoms with Crippen LogP contribution in [0.1, 0.15) is 20.3 Å². The average molecular weight is 272 g/mol. The lowest BCUT2D eigenvalue weighted by Gasteiger charge is -2.20. The molecule has 0 aromatic heterocycles. The molecule has 0 atom stereocenters. The molecule has 0 saturated carbocycles. The summed E-state index contributed by atoms with van der Waals surface area (Å²) < 4.78 is 39.5. The van der Waals surface area contributed by atoms with Gasteiger partial charge in [-0.1, -0.05) is 19.9 Å². The number of para-hydroxylation sites is 1. The summed E-state index contributed by atoms with van der Waals surface area (Å²) in [7, 11) is -3.69. The van der Waals surface area contributed by atoms with Gasteiger partial charge in [0.05, 0.1) is 5.69 Å². The van der Waals surface area contributed by atoms with E-state index >= 15 is 0 Å². The molecule has 0 bridgehead atoms. The number of hydrogen-bond donors (Lipinski definition) is 1. The molecular formula is C12H17FN2O2S. The van der Waals surface area contributed by atoms with E-state index in [1.165, 1.54) is 16.4 Å². The molecule has 0 unspecified atom stereocenters. The standard InChI is InChI=1S/C12H17FN2O2S/c1-12(2)6-7-15(8-12)18(16,17)10-5-3-4-9(13)11(10)14/h3-5H,6-8,14H2,1-2H3. The highest BCUT2D eigenvalue weighted by Gasteiger charge is 2.37. The molecule has 4 nitrogen and oxygen atoms in total. The van der Waals surface area contributed by atoms with Crippen LogP contribution in [-0.4, -0.2) is 25.8 Å². The minimum atomic E-state index is -3.69. The molecule has 1 saturated heterocycles. The minimum absolute atomic E-state index is 0.0465. The lowest BCUT2D eigenvalue weighted by molar-refractivity contribution is 0.375. The number of anilines is 1. The maximum absolute atomic E-state index is 13.3. The molecule has 1 fully saturated rings. The van der Waals surface area contributed by atoms with Gasteiger partial charge in [-0.05, 0) is 24.0 Å². The summed E-state index contributed by atoms with van der Waals surface area (Å²) in [5.74, 6) is -0.700. The van der Waals surface area contributed by atoms with Crippen molar-refractivity contribution in [3.05, 3.63) is 24.0 Å². The maximum Gasteiger partial charge on any atom is 0.245 e. The summed E-state index contributed by atoms with van der Waals surface area (Å²) >= 11 is 0. The minimum Gasteiger partial charge on any atom is -0.395 e. The smallest absolute Gasteiger partial charge is 0.245 e. The maximum atomic E-state index is 13.3. The number of nitrogens with zero attached hydrogens (tertiary/aromatic N) is 1. The van der Waals surface area contributed by atoms with E-state index in [0.717, 1.165) is 12.5 Å². The van der Waals surface area contributed by atoms with E-state index in [4.69, 9.17) is 5.73 Å². The van der Waals surface area contributed by atoms with Crippen molar-refractivity contribution in [2.75, 3.05) is 18.8 Å². The molecule has 1 aliphatic heterocycles. The predicted octanol–water partition coefficient (Wildman–Crippen LogP) is 1.83. The lowest BCUT2D eigenvalue weighted by atomic mass is 9.93. The van der Waals surface area contributed by atoms with Gasteiger partial charge in [0.1, 0.15) is 10.7 Å². The first-order valence-corrected chi connectivity index (χ1v) is 7.22. The second-order valence-electron chi connectivity index (χ2n) is 5.40. The fourth-order valence-electron chi connectivity index (χ4n) is 2.15. The van der Waals surface area contributed by atoms with Crippen LogP contribution in [0.3, 0.4) is 0 Å². The normalized spacial score (nSPS) is 20.2. The van der Waals surface area contributed by atoms with Crippen molar-refractivity contribution in [3.8, 4) is 0 Å². The summed E-state index contributed by atoms with van der Waals surface area (Å²) in [5, 5.41) is 0. The summed E-state index contributed by atoms with van der Waals surface area (Å²) in [6, 6.07) is 3.86. The third kappa shape index (κ3) is 2.22. The van der Waals surface area contributed by atoms with Gasteiger partial charge in [-0.15, -0.1) is 0 Å². The van der Waals surface area contributed by atoms with E-state index in [0.29, 0.717) is 13.1 Å². The first kappa shape index (κ1) is 13.3. The van der Waals surface area contributed by atoms with Crippen molar-refractivity contribution in [2.45, 2.75) is 25.2 Å². The Balaban J connectivity index is 2.41. The first-order valence-electron chi connectivity index (χ1n) is 5.78. The van der Waals surface area contributed by atoms with Crippen LogP contribution in [-0.2, 0) is 10.0 Å². The number of hydrogen-bond acceptors (Lipinski definition) is 3. The Morgan fingerprint density at radius 1 is 1.39 bits per heavy atom. The molecule has 1 aliphatic rings. The van der Waals surface area contributed by atoms with Crippen LogP contribution in [0, 0.1) is 11.2 Å². The molecular weight excluding hydrogens is 255 g/mol. The number of nitrogens with two attached hydrogens (primary N) is 1. The average Bonchev–Trinajstić information content (AvgIpc) is 2.63. The van der Waals surface area contributed by atoms with Gasteiger partial charge < -0.3 is 5.73 Å². The molecule has 2 rings (SSSR count). The van der Waals surface area contributed by atoms with E-state index in [9.17, 15) is 12.8 Å².